The molecule has 3 nitrogen and oxygen atoms in total. The number of rotatable bonds is 3. The number of aromatic nitrogens is 1. The molecule has 0 saturated heterocycles. The molecule has 1 saturated carbocycles. The summed E-state index contributed by atoms with van der Waals surface area (Å²) in [4.78, 5) is 16.8. The van der Waals surface area contributed by atoms with E-state index in [0.29, 0.717) is 6.04 Å². The Labute approximate surface area is 123 Å². The van der Waals surface area contributed by atoms with Crippen molar-refractivity contribution in [1.82, 2.24) is 10.3 Å². The van der Waals surface area contributed by atoms with Gasteiger partial charge in [0.05, 0.1) is 11.1 Å². The molecular weight excluding hydrogens is 304 g/mol. The van der Waals surface area contributed by atoms with Crippen LogP contribution in [0.5, 0.6) is 0 Å². The number of carbonyl (C=O) groups is 1. The Hall–Kier alpha value is -0.900. The Balaban J connectivity index is 2.05. The molecule has 0 aromatic carbocycles. The molecule has 0 atom stereocenters. The lowest BCUT2D eigenvalue weighted by molar-refractivity contribution is -0.126. The van der Waals surface area contributed by atoms with E-state index in [9.17, 15) is 4.79 Å². The molecule has 1 aliphatic carbocycles. The third-order valence-electron chi connectivity index (χ3n) is 3.88. The van der Waals surface area contributed by atoms with Gasteiger partial charge in [-0.05, 0) is 54.8 Å². The van der Waals surface area contributed by atoms with Crippen molar-refractivity contribution in [3.8, 4) is 0 Å². The van der Waals surface area contributed by atoms with Crippen LogP contribution in [0.3, 0.4) is 0 Å². The van der Waals surface area contributed by atoms with Gasteiger partial charge in [-0.1, -0.05) is 19.3 Å². The molecule has 1 aromatic heterocycles. The number of hydrogen-bond acceptors (Lipinski definition) is 2. The molecule has 0 unspecified atom stereocenters. The van der Waals surface area contributed by atoms with Gasteiger partial charge in [0.1, 0.15) is 0 Å². The highest BCUT2D eigenvalue weighted by Crippen LogP contribution is 2.24. The SMILES string of the molecule is CC(C)(C(=O)NC1CCCCC1)c1ccc(Br)cn1. The fourth-order valence-electron chi connectivity index (χ4n) is 2.47. The maximum Gasteiger partial charge on any atom is 0.231 e. The average Bonchev–Trinajstić information content (AvgIpc) is 2.40. The van der Waals surface area contributed by atoms with Crippen LogP contribution >= 0.6 is 15.9 Å². The first-order chi connectivity index (χ1) is 9.00. The number of halogens is 1. The lowest BCUT2D eigenvalue weighted by atomic mass is 9.86. The van der Waals surface area contributed by atoms with Gasteiger partial charge >= 0.3 is 0 Å². The van der Waals surface area contributed by atoms with Crippen molar-refractivity contribution < 1.29 is 4.79 Å². The highest BCUT2D eigenvalue weighted by molar-refractivity contribution is 9.10. The van der Waals surface area contributed by atoms with E-state index in [0.717, 1.165) is 23.0 Å². The van der Waals surface area contributed by atoms with E-state index in [1.807, 2.05) is 26.0 Å². The van der Waals surface area contributed by atoms with Crippen molar-refractivity contribution in [3.63, 3.8) is 0 Å². The fourth-order valence-corrected chi connectivity index (χ4v) is 2.71. The number of nitrogens with one attached hydrogen (secondary N) is 1. The maximum absolute atomic E-state index is 12.5. The van der Waals surface area contributed by atoms with Crippen LogP contribution in [0.2, 0.25) is 0 Å². The summed E-state index contributed by atoms with van der Waals surface area (Å²) in [6, 6.07) is 4.18. The Bertz CT molecular complexity index is 436. The monoisotopic (exact) mass is 324 g/mol. The molecule has 1 aliphatic rings. The topological polar surface area (TPSA) is 42.0 Å². The predicted octanol–water partition coefficient (Wildman–Crippen LogP) is 3.57. The van der Waals surface area contributed by atoms with Crippen LogP contribution < -0.4 is 5.32 Å². The minimum Gasteiger partial charge on any atom is -0.353 e. The van der Waals surface area contributed by atoms with E-state index in [4.69, 9.17) is 0 Å². The van der Waals surface area contributed by atoms with Gasteiger partial charge in [0, 0.05) is 16.7 Å². The zero-order valence-electron chi connectivity index (χ0n) is 11.6. The first-order valence-corrected chi connectivity index (χ1v) is 7.72. The average molecular weight is 325 g/mol. The van der Waals surface area contributed by atoms with Crippen molar-refractivity contribution >= 4 is 21.8 Å². The zero-order chi connectivity index (χ0) is 13.9. The number of amides is 1. The second-order valence-corrected chi connectivity index (χ2v) is 6.71. The Morgan fingerprint density at radius 1 is 1.32 bits per heavy atom. The molecule has 1 heterocycles. The molecule has 0 bridgehead atoms. The van der Waals surface area contributed by atoms with Crippen molar-refractivity contribution in [2.24, 2.45) is 0 Å². The summed E-state index contributed by atoms with van der Waals surface area (Å²) in [5.41, 5.74) is 0.224. The minimum absolute atomic E-state index is 0.0780. The van der Waals surface area contributed by atoms with E-state index in [1.165, 1.54) is 19.3 Å². The smallest absolute Gasteiger partial charge is 0.231 e. The summed E-state index contributed by atoms with van der Waals surface area (Å²) < 4.78 is 0.930. The van der Waals surface area contributed by atoms with Crippen molar-refractivity contribution in [1.29, 1.82) is 0 Å². The van der Waals surface area contributed by atoms with Gasteiger partial charge in [-0.25, -0.2) is 0 Å². The molecule has 1 aromatic rings. The van der Waals surface area contributed by atoms with Crippen LogP contribution in [0.25, 0.3) is 0 Å². The second kappa shape index (κ2) is 6.04. The summed E-state index contributed by atoms with van der Waals surface area (Å²) in [5, 5.41) is 3.18. The zero-order valence-corrected chi connectivity index (χ0v) is 13.2. The first kappa shape index (κ1) is 14.5. The van der Waals surface area contributed by atoms with Gasteiger partial charge in [0.15, 0.2) is 0 Å². The fraction of sp³-hybridized carbons (Fsp3) is 0.600. The third kappa shape index (κ3) is 3.56. The van der Waals surface area contributed by atoms with Crippen molar-refractivity contribution in [2.45, 2.75) is 57.4 Å². The molecule has 0 spiro atoms. The highest BCUT2D eigenvalue weighted by atomic mass is 79.9. The highest BCUT2D eigenvalue weighted by Gasteiger charge is 2.32. The number of hydrogen-bond donors (Lipinski definition) is 1. The molecule has 1 N–H and O–H groups in total. The number of nitrogens with zero attached hydrogens (tertiary/aromatic N) is 1. The number of carbonyl (C=O) groups excluding carboxylic acids is 1. The van der Waals surface area contributed by atoms with E-state index < -0.39 is 5.41 Å². The van der Waals surface area contributed by atoms with E-state index in [-0.39, 0.29) is 5.91 Å². The van der Waals surface area contributed by atoms with Crippen LogP contribution in [0, 0.1) is 0 Å². The molecule has 1 amide bonds. The maximum atomic E-state index is 12.5. The Morgan fingerprint density at radius 2 is 2.00 bits per heavy atom. The van der Waals surface area contributed by atoms with Gasteiger partial charge in [-0.3, -0.25) is 9.78 Å². The van der Waals surface area contributed by atoms with E-state index >= 15 is 0 Å². The summed E-state index contributed by atoms with van der Waals surface area (Å²) in [5.74, 6) is 0.0780. The van der Waals surface area contributed by atoms with Crippen molar-refractivity contribution in [3.05, 3.63) is 28.5 Å². The first-order valence-electron chi connectivity index (χ1n) is 6.93. The summed E-state index contributed by atoms with van der Waals surface area (Å²) in [6.45, 7) is 3.86. The van der Waals surface area contributed by atoms with Crippen molar-refractivity contribution in [2.75, 3.05) is 0 Å². The Morgan fingerprint density at radius 3 is 2.58 bits per heavy atom. The van der Waals surface area contributed by atoms with Crippen LogP contribution in [-0.2, 0) is 10.2 Å². The normalized spacial score (nSPS) is 17.2. The molecule has 0 aliphatic heterocycles. The molecule has 2 rings (SSSR count). The molecule has 0 radical (unpaired) electrons. The predicted molar refractivity (Wildman–Crippen MR) is 80.0 cm³/mol. The summed E-state index contributed by atoms with van der Waals surface area (Å²) in [6.07, 6.45) is 7.70. The summed E-state index contributed by atoms with van der Waals surface area (Å²) >= 11 is 3.37. The molecule has 4 heteroatoms. The minimum atomic E-state index is -0.585. The van der Waals surface area contributed by atoms with Crippen LogP contribution in [0.1, 0.15) is 51.6 Å². The van der Waals surface area contributed by atoms with Gasteiger partial charge < -0.3 is 5.32 Å². The van der Waals surface area contributed by atoms with Gasteiger partial charge in [0.2, 0.25) is 5.91 Å². The Kier molecular flexibility index (Phi) is 4.61. The molecule has 1 fully saturated rings. The van der Waals surface area contributed by atoms with Gasteiger partial charge in [0.25, 0.3) is 0 Å². The second-order valence-electron chi connectivity index (χ2n) is 5.80. The van der Waals surface area contributed by atoms with Crippen LogP contribution in [-0.4, -0.2) is 16.9 Å². The molecular formula is C15H21BrN2O. The van der Waals surface area contributed by atoms with E-state index in [1.54, 1.807) is 6.20 Å². The van der Waals surface area contributed by atoms with Gasteiger partial charge in [-0.2, -0.15) is 0 Å². The van der Waals surface area contributed by atoms with E-state index in [2.05, 4.69) is 26.2 Å². The molecule has 104 valence electrons. The quantitative estimate of drug-likeness (QED) is 0.923. The molecule has 19 heavy (non-hydrogen) atoms. The lowest BCUT2D eigenvalue weighted by Gasteiger charge is -2.29. The van der Waals surface area contributed by atoms with Crippen LogP contribution in [0.15, 0.2) is 22.8 Å². The van der Waals surface area contributed by atoms with Crippen LogP contribution in [0.4, 0.5) is 0 Å². The number of pyridine rings is 1. The standard InChI is InChI=1S/C15H21BrN2O/c1-15(2,13-9-8-11(16)10-17-13)14(19)18-12-6-4-3-5-7-12/h8-10,12H,3-7H2,1-2H3,(H,18,19). The third-order valence-corrected chi connectivity index (χ3v) is 4.34. The summed E-state index contributed by atoms with van der Waals surface area (Å²) in [7, 11) is 0. The lowest BCUT2D eigenvalue weighted by Crippen LogP contribution is -2.46. The largest absolute Gasteiger partial charge is 0.353 e. The van der Waals surface area contributed by atoms with Gasteiger partial charge in [-0.15, -0.1) is 0 Å².